The van der Waals surface area contributed by atoms with Crippen molar-refractivity contribution in [2.75, 3.05) is 19.6 Å². The number of amides is 1. The second-order valence-corrected chi connectivity index (χ2v) is 6.52. The Morgan fingerprint density at radius 3 is 2.61 bits per heavy atom. The third kappa shape index (κ3) is 7.67. The molecule has 126 valence electrons. The van der Waals surface area contributed by atoms with E-state index in [2.05, 4.69) is 16.7 Å². The zero-order valence-corrected chi connectivity index (χ0v) is 14.5. The van der Waals surface area contributed by atoms with Gasteiger partial charge >= 0.3 is 0 Å². The monoisotopic (exact) mass is 334 g/mol. The lowest BCUT2D eigenvalue weighted by molar-refractivity contribution is -0.120. The lowest BCUT2D eigenvalue weighted by atomic mass is 9.97. The van der Waals surface area contributed by atoms with Gasteiger partial charge in [-0.05, 0) is 62.8 Å². The molecule has 1 aliphatic carbocycles. The smallest absolute Gasteiger partial charge is 0.221 e. The van der Waals surface area contributed by atoms with Crippen molar-refractivity contribution < 1.29 is 4.79 Å². The van der Waals surface area contributed by atoms with Gasteiger partial charge in [-0.25, -0.2) is 0 Å². The number of rotatable bonds is 9. The van der Waals surface area contributed by atoms with E-state index in [0.29, 0.717) is 13.0 Å². The molecule has 0 aliphatic heterocycles. The Labute approximate surface area is 144 Å². The maximum atomic E-state index is 11.8. The largest absolute Gasteiger partial charge is 0.356 e. The average Bonchev–Trinajstić information content (AvgIpc) is 2.57. The molecule has 0 saturated heterocycles. The predicted molar refractivity (Wildman–Crippen MR) is 96.8 cm³/mol. The second kappa shape index (κ2) is 10.5. The van der Waals surface area contributed by atoms with Crippen LogP contribution in [0, 0.1) is 0 Å². The van der Waals surface area contributed by atoms with Crippen LogP contribution in [-0.4, -0.2) is 25.5 Å². The van der Waals surface area contributed by atoms with Crippen LogP contribution in [0.25, 0.3) is 0 Å². The van der Waals surface area contributed by atoms with Gasteiger partial charge in [-0.2, -0.15) is 0 Å². The molecule has 2 N–H and O–H groups in total. The molecule has 1 amide bonds. The minimum Gasteiger partial charge on any atom is -0.356 e. The van der Waals surface area contributed by atoms with Gasteiger partial charge in [-0.3, -0.25) is 4.79 Å². The second-order valence-electron chi connectivity index (χ2n) is 6.08. The van der Waals surface area contributed by atoms with Crippen LogP contribution in [0.15, 0.2) is 35.9 Å². The Bertz CT molecular complexity index is 511. The lowest BCUT2D eigenvalue weighted by Gasteiger charge is -2.12. The highest BCUT2D eigenvalue weighted by atomic mass is 35.5. The minimum atomic E-state index is 0.114. The van der Waals surface area contributed by atoms with E-state index in [1.54, 1.807) is 5.57 Å². The molecule has 1 aliphatic rings. The van der Waals surface area contributed by atoms with Gasteiger partial charge in [-0.15, -0.1) is 0 Å². The molecule has 0 bridgehead atoms. The van der Waals surface area contributed by atoms with Gasteiger partial charge in [0.15, 0.2) is 0 Å². The zero-order valence-electron chi connectivity index (χ0n) is 13.7. The first-order chi connectivity index (χ1) is 11.2. The summed E-state index contributed by atoms with van der Waals surface area (Å²) < 4.78 is 0. The van der Waals surface area contributed by atoms with Crippen molar-refractivity contribution in [1.82, 2.24) is 10.6 Å². The molecule has 23 heavy (non-hydrogen) atoms. The van der Waals surface area contributed by atoms with Crippen LogP contribution >= 0.6 is 11.6 Å². The van der Waals surface area contributed by atoms with Crippen LogP contribution in [-0.2, 0) is 11.2 Å². The van der Waals surface area contributed by atoms with Gasteiger partial charge in [0.05, 0.1) is 0 Å². The molecular weight excluding hydrogens is 308 g/mol. The maximum absolute atomic E-state index is 11.8. The number of carbonyl (C=O) groups is 1. The van der Waals surface area contributed by atoms with E-state index in [-0.39, 0.29) is 5.91 Å². The van der Waals surface area contributed by atoms with Gasteiger partial charge in [0.1, 0.15) is 0 Å². The number of allylic oxidation sites excluding steroid dienone is 1. The Morgan fingerprint density at radius 1 is 1.04 bits per heavy atom. The van der Waals surface area contributed by atoms with Crippen molar-refractivity contribution in [2.45, 2.75) is 44.9 Å². The third-order valence-electron chi connectivity index (χ3n) is 4.19. The predicted octanol–water partition coefficient (Wildman–Crippen LogP) is 3.87. The van der Waals surface area contributed by atoms with Crippen molar-refractivity contribution in [3.8, 4) is 0 Å². The van der Waals surface area contributed by atoms with E-state index in [1.807, 2.05) is 24.3 Å². The minimum absolute atomic E-state index is 0.114. The molecule has 0 unspecified atom stereocenters. The number of carbonyl (C=O) groups excluding carboxylic acids is 1. The Balaban J connectivity index is 1.48. The molecular formula is C19H27ClN2O. The summed E-state index contributed by atoms with van der Waals surface area (Å²) in [5, 5.41) is 7.07. The topological polar surface area (TPSA) is 41.1 Å². The van der Waals surface area contributed by atoms with Crippen molar-refractivity contribution in [3.05, 3.63) is 46.5 Å². The van der Waals surface area contributed by atoms with E-state index >= 15 is 0 Å². The Hall–Kier alpha value is -1.32. The Morgan fingerprint density at radius 2 is 1.87 bits per heavy atom. The van der Waals surface area contributed by atoms with Crippen molar-refractivity contribution in [2.24, 2.45) is 0 Å². The summed E-state index contributed by atoms with van der Waals surface area (Å²) in [6, 6.07) is 7.75. The van der Waals surface area contributed by atoms with Crippen LogP contribution in [0.1, 0.15) is 44.1 Å². The fraction of sp³-hybridized carbons (Fsp3) is 0.526. The highest BCUT2D eigenvalue weighted by Gasteiger charge is 2.04. The van der Waals surface area contributed by atoms with Gasteiger partial charge in [-0.1, -0.05) is 35.4 Å². The summed E-state index contributed by atoms with van der Waals surface area (Å²) in [4.78, 5) is 11.8. The maximum Gasteiger partial charge on any atom is 0.221 e. The van der Waals surface area contributed by atoms with Crippen molar-refractivity contribution >= 4 is 17.5 Å². The van der Waals surface area contributed by atoms with E-state index in [9.17, 15) is 4.79 Å². The zero-order chi connectivity index (χ0) is 16.3. The summed E-state index contributed by atoms with van der Waals surface area (Å²) in [5.41, 5.74) is 2.77. The number of hydrogen-bond donors (Lipinski definition) is 2. The lowest BCUT2D eigenvalue weighted by Crippen LogP contribution is -2.29. The van der Waals surface area contributed by atoms with Gasteiger partial charge in [0, 0.05) is 24.5 Å². The summed E-state index contributed by atoms with van der Waals surface area (Å²) in [5.74, 6) is 0.114. The van der Waals surface area contributed by atoms with Crippen LogP contribution < -0.4 is 10.6 Å². The standard InChI is InChI=1S/C19H27ClN2O/c20-18-8-6-17(7-9-18)11-15-22-19(23)12-14-21-13-10-16-4-2-1-3-5-16/h4,6-9,21H,1-3,5,10-15H2,(H,22,23). The molecule has 0 fully saturated rings. The molecule has 2 rings (SSSR count). The summed E-state index contributed by atoms with van der Waals surface area (Å²) in [6.45, 7) is 2.40. The Kier molecular flexibility index (Phi) is 8.19. The number of nitrogens with one attached hydrogen (secondary N) is 2. The summed E-state index contributed by atoms with van der Waals surface area (Å²) in [7, 11) is 0. The molecule has 0 saturated carbocycles. The average molecular weight is 335 g/mol. The normalized spacial score (nSPS) is 14.4. The van der Waals surface area contributed by atoms with Crippen LogP contribution in [0.5, 0.6) is 0 Å². The fourth-order valence-corrected chi connectivity index (χ4v) is 2.92. The van der Waals surface area contributed by atoms with Gasteiger partial charge in [0.2, 0.25) is 5.91 Å². The molecule has 3 nitrogen and oxygen atoms in total. The molecule has 1 aromatic rings. The van der Waals surface area contributed by atoms with E-state index < -0.39 is 0 Å². The molecule has 0 spiro atoms. The van der Waals surface area contributed by atoms with E-state index in [0.717, 1.165) is 31.0 Å². The molecule has 0 radical (unpaired) electrons. The van der Waals surface area contributed by atoms with Crippen LogP contribution in [0.3, 0.4) is 0 Å². The number of halogens is 1. The SMILES string of the molecule is O=C(CCNCCC1=CCCCC1)NCCc1ccc(Cl)cc1. The first kappa shape index (κ1) is 18.0. The third-order valence-corrected chi connectivity index (χ3v) is 4.44. The molecule has 0 aromatic heterocycles. The van der Waals surface area contributed by atoms with Crippen molar-refractivity contribution in [1.29, 1.82) is 0 Å². The van der Waals surface area contributed by atoms with Crippen molar-refractivity contribution in [3.63, 3.8) is 0 Å². The molecule has 0 heterocycles. The van der Waals surface area contributed by atoms with Gasteiger partial charge < -0.3 is 10.6 Å². The fourth-order valence-electron chi connectivity index (χ4n) is 2.79. The van der Waals surface area contributed by atoms with E-state index in [1.165, 1.54) is 31.2 Å². The summed E-state index contributed by atoms with van der Waals surface area (Å²) in [6.07, 6.45) is 10.1. The highest BCUT2D eigenvalue weighted by Crippen LogP contribution is 2.19. The number of hydrogen-bond acceptors (Lipinski definition) is 2. The summed E-state index contributed by atoms with van der Waals surface area (Å²) >= 11 is 5.85. The molecule has 0 atom stereocenters. The van der Waals surface area contributed by atoms with E-state index in [4.69, 9.17) is 11.6 Å². The first-order valence-electron chi connectivity index (χ1n) is 8.64. The van der Waals surface area contributed by atoms with Crippen LogP contribution in [0.4, 0.5) is 0 Å². The quantitative estimate of drug-likeness (QED) is 0.531. The molecule has 4 heteroatoms. The first-order valence-corrected chi connectivity index (χ1v) is 9.01. The molecule has 1 aromatic carbocycles. The number of benzene rings is 1. The highest BCUT2D eigenvalue weighted by molar-refractivity contribution is 6.30. The van der Waals surface area contributed by atoms with Crippen LogP contribution in [0.2, 0.25) is 5.02 Å². The van der Waals surface area contributed by atoms with Gasteiger partial charge in [0.25, 0.3) is 0 Å².